The molecule has 0 atom stereocenters. The first-order valence-corrected chi connectivity index (χ1v) is 13.6. The van der Waals surface area contributed by atoms with Crippen LogP contribution in [0.25, 0.3) is 17.1 Å². The molecule has 9 heteroatoms. The predicted octanol–water partition coefficient (Wildman–Crippen LogP) is 5.60. The maximum atomic E-state index is 13.7. The van der Waals surface area contributed by atoms with Gasteiger partial charge in [0, 0.05) is 38.2 Å². The molecule has 5 aromatic rings. The molecule has 0 radical (unpaired) electrons. The highest BCUT2D eigenvalue weighted by Crippen LogP contribution is 2.29. The van der Waals surface area contributed by atoms with Gasteiger partial charge in [-0.1, -0.05) is 42.5 Å². The summed E-state index contributed by atoms with van der Waals surface area (Å²) < 4.78 is 7.39. The fraction of sp³-hybridized carbons (Fsp3) is 0.241. The second kappa shape index (κ2) is 10.7. The van der Waals surface area contributed by atoms with E-state index in [2.05, 4.69) is 44.5 Å². The lowest BCUT2D eigenvalue weighted by atomic mass is 10.0. The number of thiophene rings is 1. The van der Waals surface area contributed by atoms with Crippen molar-refractivity contribution in [3.8, 4) is 17.1 Å². The van der Waals surface area contributed by atoms with E-state index in [0.29, 0.717) is 11.8 Å². The zero-order valence-corrected chi connectivity index (χ0v) is 21.9. The van der Waals surface area contributed by atoms with Crippen LogP contribution in [0.4, 0.5) is 5.69 Å². The van der Waals surface area contributed by atoms with Crippen LogP contribution in [0.2, 0.25) is 0 Å². The van der Waals surface area contributed by atoms with E-state index in [9.17, 15) is 4.79 Å². The molecule has 1 fully saturated rings. The number of benzene rings is 2. The third kappa shape index (κ3) is 5.16. The SMILES string of the molecule is Cc1nnc(-c2cccc(-n3cc(N(C(=O)c4cccs4)C4CCN(Cc5ccccc5)CC4)cn3)c2)o1. The van der Waals surface area contributed by atoms with Crippen LogP contribution in [0.15, 0.2) is 88.9 Å². The van der Waals surface area contributed by atoms with Gasteiger partial charge >= 0.3 is 0 Å². The third-order valence-corrected chi connectivity index (χ3v) is 7.71. The monoisotopic (exact) mass is 524 g/mol. The van der Waals surface area contributed by atoms with Crippen LogP contribution in [0.1, 0.15) is 34.0 Å². The van der Waals surface area contributed by atoms with Gasteiger partial charge in [0.25, 0.3) is 5.91 Å². The van der Waals surface area contributed by atoms with Crippen LogP contribution in [0.3, 0.4) is 0 Å². The van der Waals surface area contributed by atoms with Gasteiger partial charge in [-0.05, 0) is 48.1 Å². The van der Waals surface area contributed by atoms with Crippen molar-refractivity contribution in [1.82, 2.24) is 24.9 Å². The van der Waals surface area contributed by atoms with E-state index in [-0.39, 0.29) is 11.9 Å². The summed E-state index contributed by atoms with van der Waals surface area (Å²) in [7, 11) is 0. The van der Waals surface area contributed by atoms with Gasteiger partial charge in [-0.25, -0.2) is 4.68 Å². The first kappa shape index (κ1) is 24.3. The summed E-state index contributed by atoms with van der Waals surface area (Å²) in [4.78, 5) is 18.9. The number of piperidine rings is 1. The van der Waals surface area contributed by atoms with Gasteiger partial charge in [0.1, 0.15) is 0 Å². The van der Waals surface area contributed by atoms with Crippen LogP contribution < -0.4 is 4.90 Å². The second-order valence-corrected chi connectivity index (χ2v) is 10.4. The van der Waals surface area contributed by atoms with Crippen LogP contribution >= 0.6 is 11.3 Å². The molecule has 1 amide bonds. The highest BCUT2D eigenvalue weighted by atomic mass is 32.1. The molecule has 6 rings (SSSR count). The summed E-state index contributed by atoms with van der Waals surface area (Å²) >= 11 is 1.47. The Kier molecular flexibility index (Phi) is 6.85. The summed E-state index contributed by atoms with van der Waals surface area (Å²) in [5.74, 6) is 1.01. The minimum atomic E-state index is 0.0242. The van der Waals surface area contributed by atoms with Gasteiger partial charge in [0.15, 0.2) is 0 Å². The number of aromatic nitrogens is 4. The molecule has 0 aliphatic carbocycles. The quantitative estimate of drug-likeness (QED) is 0.276. The minimum absolute atomic E-state index is 0.0242. The Hall–Kier alpha value is -4.08. The Morgan fingerprint density at radius 2 is 1.89 bits per heavy atom. The summed E-state index contributed by atoms with van der Waals surface area (Å²) in [5, 5.41) is 14.6. The summed E-state index contributed by atoms with van der Waals surface area (Å²) in [6.45, 7) is 4.58. The molecule has 192 valence electrons. The van der Waals surface area contributed by atoms with Gasteiger partial charge in [0.05, 0.1) is 28.6 Å². The lowest BCUT2D eigenvalue weighted by Crippen LogP contribution is -2.47. The molecule has 0 spiro atoms. The standard InChI is InChI=1S/C29H28N6O2S/c1-21-31-32-28(37-21)23-9-5-10-25(17-23)34-20-26(18-30-34)35(29(36)27-11-6-16-38-27)24-12-14-33(15-13-24)19-22-7-3-2-4-8-22/h2-11,16-18,20,24H,12-15,19H2,1H3. The molecule has 1 aliphatic heterocycles. The summed E-state index contributed by atoms with van der Waals surface area (Å²) in [6, 6.07) is 22.3. The number of likely N-dealkylation sites (tertiary alicyclic amines) is 1. The van der Waals surface area contributed by atoms with E-state index in [0.717, 1.165) is 54.3 Å². The van der Waals surface area contributed by atoms with Crippen molar-refractivity contribution in [2.24, 2.45) is 0 Å². The van der Waals surface area contributed by atoms with Crippen LogP contribution in [0, 0.1) is 6.92 Å². The van der Waals surface area contributed by atoms with Crippen molar-refractivity contribution < 1.29 is 9.21 Å². The van der Waals surface area contributed by atoms with Gasteiger partial charge < -0.3 is 9.32 Å². The Labute approximate surface area is 225 Å². The van der Waals surface area contributed by atoms with Crippen molar-refractivity contribution in [3.63, 3.8) is 0 Å². The molecule has 38 heavy (non-hydrogen) atoms. The van der Waals surface area contributed by atoms with Crippen LogP contribution in [0.5, 0.6) is 0 Å². The Balaban J connectivity index is 1.24. The molecule has 0 saturated carbocycles. The van der Waals surface area contributed by atoms with Gasteiger partial charge in [0.2, 0.25) is 11.8 Å². The smallest absolute Gasteiger partial charge is 0.268 e. The van der Waals surface area contributed by atoms with Gasteiger partial charge in [-0.15, -0.1) is 21.5 Å². The van der Waals surface area contributed by atoms with Gasteiger partial charge in [-0.2, -0.15) is 5.10 Å². The fourth-order valence-corrected chi connectivity index (χ4v) is 5.62. The number of aryl methyl sites for hydroxylation is 1. The number of anilines is 1. The molecule has 3 aromatic heterocycles. The molecular weight excluding hydrogens is 496 g/mol. The molecular formula is C29H28N6O2S. The minimum Gasteiger partial charge on any atom is -0.421 e. The fourth-order valence-electron chi connectivity index (χ4n) is 4.96. The van der Waals surface area contributed by atoms with Crippen molar-refractivity contribution in [2.75, 3.05) is 18.0 Å². The Morgan fingerprint density at radius 3 is 2.63 bits per heavy atom. The number of amides is 1. The lowest BCUT2D eigenvalue weighted by molar-refractivity contribution is 0.0962. The number of hydrogen-bond donors (Lipinski definition) is 0. The van der Waals surface area contributed by atoms with E-state index >= 15 is 0 Å². The Bertz CT molecular complexity index is 1500. The molecule has 0 bridgehead atoms. The van der Waals surface area contributed by atoms with Crippen LogP contribution in [-0.2, 0) is 6.54 Å². The zero-order chi connectivity index (χ0) is 25.9. The molecule has 4 heterocycles. The first-order valence-electron chi connectivity index (χ1n) is 12.7. The third-order valence-electron chi connectivity index (χ3n) is 6.85. The molecule has 8 nitrogen and oxygen atoms in total. The van der Waals surface area contributed by atoms with E-state index in [1.54, 1.807) is 17.8 Å². The van der Waals surface area contributed by atoms with Crippen LogP contribution in [-0.4, -0.2) is 49.9 Å². The van der Waals surface area contributed by atoms with E-state index in [1.807, 2.05) is 58.9 Å². The summed E-state index contributed by atoms with van der Waals surface area (Å²) in [6.07, 6.45) is 5.52. The predicted molar refractivity (Wildman–Crippen MR) is 147 cm³/mol. The average Bonchev–Trinajstić information content (AvgIpc) is 3.73. The van der Waals surface area contributed by atoms with Crippen molar-refractivity contribution in [3.05, 3.63) is 101 Å². The number of carbonyl (C=O) groups excluding carboxylic acids is 1. The van der Waals surface area contributed by atoms with Crippen molar-refractivity contribution in [1.29, 1.82) is 0 Å². The van der Waals surface area contributed by atoms with E-state index in [1.165, 1.54) is 16.9 Å². The maximum absolute atomic E-state index is 13.7. The number of hydrogen-bond acceptors (Lipinski definition) is 7. The number of carbonyl (C=O) groups is 1. The maximum Gasteiger partial charge on any atom is 0.268 e. The molecule has 1 saturated heterocycles. The highest BCUT2D eigenvalue weighted by Gasteiger charge is 2.31. The first-order chi connectivity index (χ1) is 18.6. The lowest BCUT2D eigenvalue weighted by Gasteiger charge is -2.38. The second-order valence-electron chi connectivity index (χ2n) is 9.47. The van der Waals surface area contributed by atoms with E-state index < -0.39 is 0 Å². The molecule has 0 unspecified atom stereocenters. The van der Waals surface area contributed by atoms with E-state index in [4.69, 9.17) is 4.42 Å². The average molecular weight is 525 g/mol. The molecule has 0 N–H and O–H groups in total. The summed E-state index contributed by atoms with van der Waals surface area (Å²) in [5.41, 5.74) is 3.78. The van der Waals surface area contributed by atoms with Crippen molar-refractivity contribution >= 4 is 22.9 Å². The van der Waals surface area contributed by atoms with Crippen molar-refractivity contribution in [2.45, 2.75) is 32.4 Å². The molecule has 1 aliphatic rings. The topological polar surface area (TPSA) is 80.3 Å². The number of rotatable bonds is 7. The number of nitrogens with zero attached hydrogens (tertiary/aromatic N) is 6. The normalized spacial score (nSPS) is 14.6. The van der Waals surface area contributed by atoms with Gasteiger partial charge in [-0.3, -0.25) is 9.69 Å². The molecule has 2 aromatic carbocycles. The largest absolute Gasteiger partial charge is 0.421 e. The zero-order valence-electron chi connectivity index (χ0n) is 21.1. The Morgan fingerprint density at radius 1 is 1.05 bits per heavy atom. The highest BCUT2D eigenvalue weighted by molar-refractivity contribution is 7.12.